The Hall–Kier alpha value is -2.84. The average molecular weight is 429 g/mol. The lowest BCUT2D eigenvalue weighted by Gasteiger charge is -2.15. The Bertz CT molecular complexity index is 957. The Morgan fingerprint density at radius 3 is 2.62 bits per heavy atom. The van der Waals surface area contributed by atoms with Gasteiger partial charge in [0.15, 0.2) is 0 Å². The molecule has 2 amide bonds. The number of para-hydroxylation sites is 2. The third-order valence-corrected chi connectivity index (χ3v) is 5.42. The first-order chi connectivity index (χ1) is 14.0. The number of amides is 2. The van der Waals surface area contributed by atoms with Gasteiger partial charge < -0.3 is 14.8 Å². The number of hydrogen-bond donors (Lipinski definition) is 1. The summed E-state index contributed by atoms with van der Waals surface area (Å²) in [6.45, 7) is 2.35. The Kier molecular flexibility index (Phi) is 6.90. The first-order valence-electron chi connectivity index (χ1n) is 8.93. The topological polar surface area (TPSA) is 67.9 Å². The van der Waals surface area contributed by atoms with Gasteiger partial charge in [0.1, 0.15) is 22.4 Å². The van der Waals surface area contributed by atoms with E-state index in [0.29, 0.717) is 27.3 Å². The smallest absolute Gasteiger partial charge is 0.266 e. The number of thioether (sulfide) groups is 1. The summed E-state index contributed by atoms with van der Waals surface area (Å²) in [4.78, 5) is 26.9. The fourth-order valence-electron chi connectivity index (χ4n) is 2.70. The monoisotopic (exact) mass is 428 g/mol. The van der Waals surface area contributed by atoms with Gasteiger partial charge in [-0.1, -0.05) is 48.2 Å². The molecule has 0 atom stereocenters. The van der Waals surface area contributed by atoms with Crippen LogP contribution in [0.1, 0.15) is 12.5 Å². The molecule has 1 aliphatic heterocycles. The van der Waals surface area contributed by atoms with Crippen molar-refractivity contribution in [2.45, 2.75) is 6.92 Å². The minimum Gasteiger partial charge on any atom is -0.495 e. The van der Waals surface area contributed by atoms with E-state index in [1.54, 1.807) is 24.3 Å². The second kappa shape index (κ2) is 9.58. The van der Waals surface area contributed by atoms with E-state index in [0.717, 1.165) is 11.3 Å². The lowest BCUT2D eigenvalue weighted by Crippen LogP contribution is -2.36. The van der Waals surface area contributed by atoms with Gasteiger partial charge in [-0.3, -0.25) is 14.5 Å². The number of benzene rings is 2. The largest absolute Gasteiger partial charge is 0.495 e. The number of nitrogens with one attached hydrogen (secondary N) is 1. The predicted molar refractivity (Wildman–Crippen MR) is 119 cm³/mol. The summed E-state index contributed by atoms with van der Waals surface area (Å²) in [5.41, 5.74) is 1.39. The molecule has 2 aromatic carbocycles. The van der Waals surface area contributed by atoms with Crippen LogP contribution in [0.25, 0.3) is 6.08 Å². The molecule has 8 heteroatoms. The van der Waals surface area contributed by atoms with Gasteiger partial charge in [0.25, 0.3) is 5.91 Å². The zero-order valence-electron chi connectivity index (χ0n) is 16.0. The van der Waals surface area contributed by atoms with E-state index >= 15 is 0 Å². The van der Waals surface area contributed by atoms with Crippen LogP contribution < -0.4 is 14.8 Å². The van der Waals surface area contributed by atoms with Gasteiger partial charge >= 0.3 is 0 Å². The number of anilines is 1. The average Bonchev–Trinajstić information content (AvgIpc) is 2.97. The zero-order valence-corrected chi connectivity index (χ0v) is 17.6. The van der Waals surface area contributed by atoms with Crippen LogP contribution in [-0.2, 0) is 9.59 Å². The highest BCUT2D eigenvalue weighted by molar-refractivity contribution is 8.26. The van der Waals surface area contributed by atoms with E-state index in [1.165, 1.54) is 23.8 Å². The van der Waals surface area contributed by atoms with Crippen molar-refractivity contribution in [2.24, 2.45) is 0 Å². The Morgan fingerprint density at radius 2 is 1.93 bits per heavy atom. The summed E-state index contributed by atoms with van der Waals surface area (Å²) in [6.07, 6.45) is 1.76. The molecule has 0 aromatic heterocycles. The van der Waals surface area contributed by atoms with Crippen LogP contribution in [-0.4, -0.2) is 41.3 Å². The van der Waals surface area contributed by atoms with Gasteiger partial charge in [-0.15, -0.1) is 0 Å². The molecule has 0 aliphatic carbocycles. The molecule has 1 heterocycles. The molecule has 6 nitrogen and oxygen atoms in total. The van der Waals surface area contributed by atoms with E-state index < -0.39 is 0 Å². The van der Waals surface area contributed by atoms with Gasteiger partial charge in [-0.25, -0.2) is 0 Å². The second-order valence-electron chi connectivity index (χ2n) is 6.02. The molecule has 0 radical (unpaired) electrons. The third-order valence-electron chi connectivity index (χ3n) is 4.05. The van der Waals surface area contributed by atoms with Crippen molar-refractivity contribution in [1.82, 2.24) is 4.90 Å². The number of methoxy groups -OCH3 is 1. The molecule has 2 aromatic rings. The minimum atomic E-state index is -0.354. The number of carbonyl (C=O) groups is 2. The molecule has 1 N–H and O–H groups in total. The van der Waals surface area contributed by atoms with E-state index in [4.69, 9.17) is 21.7 Å². The molecule has 1 aliphatic rings. The summed E-state index contributed by atoms with van der Waals surface area (Å²) < 4.78 is 11.0. The summed E-state index contributed by atoms with van der Waals surface area (Å²) in [5.74, 6) is 0.670. The van der Waals surface area contributed by atoms with Crippen molar-refractivity contribution >= 4 is 51.9 Å². The van der Waals surface area contributed by atoms with Crippen molar-refractivity contribution in [2.75, 3.05) is 25.6 Å². The molecule has 0 spiro atoms. The first kappa shape index (κ1) is 20.9. The number of thiocarbonyl (C=S) groups is 1. The van der Waals surface area contributed by atoms with Crippen LogP contribution in [0, 0.1) is 0 Å². The van der Waals surface area contributed by atoms with Gasteiger partial charge in [0.2, 0.25) is 5.91 Å². The van der Waals surface area contributed by atoms with Crippen LogP contribution in [0.2, 0.25) is 0 Å². The highest BCUT2D eigenvalue weighted by Gasteiger charge is 2.33. The van der Waals surface area contributed by atoms with Crippen LogP contribution in [0.3, 0.4) is 0 Å². The standard InChI is InChI=1S/C21H20N2O4S2/c1-3-27-15-10-8-14(9-11-15)12-18-20(25)23(21(28)29-18)13-19(24)22-16-6-4-5-7-17(16)26-2/h4-12H,3,13H2,1-2H3,(H,22,24)/b18-12-. The van der Waals surface area contributed by atoms with E-state index in [1.807, 2.05) is 37.3 Å². The first-order valence-corrected chi connectivity index (χ1v) is 10.2. The Balaban J connectivity index is 1.67. The highest BCUT2D eigenvalue weighted by Crippen LogP contribution is 2.33. The number of carbonyl (C=O) groups excluding carboxylic acids is 2. The van der Waals surface area contributed by atoms with E-state index in [2.05, 4.69) is 5.32 Å². The summed E-state index contributed by atoms with van der Waals surface area (Å²) in [7, 11) is 1.53. The summed E-state index contributed by atoms with van der Waals surface area (Å²) >= 11 is 6.48. The van der Waals surface area contributed by atoms with Gasteiger partial charge in [-0.2, -0.15) is 0 Å². The normalized spacial score (nSPS) is 15.0. The van der Waals surface area contributed by atoms with Crippen molar-refractivity contribution in [3.63, 3.8) is 0 Å². The van der Waals surface area contributed by atoms with Crippen molar-refractivity contribution in [3.05, 3.63) is 59.0 Å². The fourth-order valence-corrected chi connectivity index (χ4v) is 3.95. The molecule has 3 rings (SSSR count). The molecule has 1 fully saturated rings. The molecular weight excluding hydrogens is 408 g/mol. The van der Waals surface area contributed by atoms with E-state index in [-0.39, 0.29) is 18.4 Å². The molecule has 1 saturated heterocycles. The second-order valence-corrected chi connectivity index (χ2v) is 7.69. The molecule has 29 heavy (non-hydrogen) atoms. The van der Waals surface area contributed by atoms with Crippen LogP contribution >= 0.6 is 24.0 Å². The van der Waals surface area contributed by atoms with Gasteiger partial charge in [0.05, 0.1) is 24.3 Å². The van der Waals surface area contributed by atoms with Crippen molar-refractivity contribution < 1.29 is 19.1 Å². The minimum absolute atomic E-state index is 0.163. The summed E-state index contributed by atoms with van der Waals surface area (Å²) in [5, 5.41) is 2.75. The molecule has 0 saturated carbocycles. The lowest BCUT2D eigenvalue weighted by molar-refractivity contribution is -0.126. The number of hydrogen-bond acceptors (Lipinski definition) is 6. The Morgan fingerprint density at radius 1 is 1.21 bits per heavy atom. The maximum absolute atomic E-state index is 12.7. The number of ether oxygens (including phenoxy) is 2. The maximum atomic E-state index is 12.7. The van der Waals surface area contributed by atoms with Crippen molar-refractivity contribution in [3.8, 4) is 11.5 Å². The number of nitrogens with zero attached hydrogens (tertiary/aromatic N) is 1. The molecular formula is C21H20N2O4S2. The molecule has 0 unspecified atom stereocenters. The van der Waals surface area contributed by atoms with Crippen LogP contribution in [0.4, 0.5) is 5.69 Å². The highest BCUT2D eigenvalue weighted by atomic mass is 32.2. The van der Waals surface area contributed by atoms with Gasteiger partial charge in [-0.05, 0) is 42.8 Å². The van der Waals surface area contributed by atoms with E-state index in [9.17, 15) is 9.59 Å². The molecule has 0 bridgehead atoms. The lowest BCUT2D eigenvalue weighted by atomic mass is 10.2. The van der Waals surface area contributed by atoms with Crippen molar-refractivity contribution in [1.29, 1.82) is 0 Å². The number of rotatable bonds is 7. The predicted octanol–water partition coefficient (Wildman–Crippen LogP) is 3.93. The fraction of sp³-hybridized carbons (Fsp3) is 0.190. The van der Waals surface area contributed by atoms with Crippen LogP contribution in [0.15, 0.2) is 53.4 Å². The maximum Gasteiger partial charge on any atom is 0.266 e. The summed E-state index contributed by atoms with van der Waals surface area (Å²) in [6, 6.07) is 14.5. The van der Waals surface area contributed by atoms with Gasteiger partial charge in [0, 0.05) is 0 Å². The Labute approximate surface area is 178 Å². The SMILES string of the molecule is CCOc1ccc(/C=C2\SC(=S)N(CC(=O)Nc3ccccc3OC)C2=O)cc1. The molecule has 150 valence electrons. The zero-order chi connectivity index (χ0) is 20.8. The third kappa shape index (κ3) is 5.16. The quantitative estimate of drug-likeness (QED) is 0.532. The van der Waals surface area contributed by atoms with Crippen LogP contribution in [0.5, 0.6) is 11.5 Å².